The van der Waals surface area contributed by atoms with Crippen molar-refractivity contribution in [2.24, 2.45) is 0 Å². The number of amides is 1. The summed E-state index contributed by atoms with van der Waals surface area (Å²) in [7, 11) is 0. The highest BCUT2D eigenvalue weighted by atomic mass is 35.5. The Morgan fingerprint density at radius 3 is 2.59 bits per heavy atom. The highest BCUT2D eigenvalue weighted by molar-refractivity contribution is 6.33. The fourth-order valence-electron chi connectivity index (χ4n) is 2.05. The van der Waals surface area contributed by atoms with Gasteiger partial charge in [0.2, 0.25) is 5.91 Å². The van der Waals surface area contributed by atoms with Crippen molar-refractivity contribution >= 4 is 23.2 Å². The molecule has 0 bridgehead atoms. The van der Waals surface area contributed by atoms with Gasteiger partial charge in [-0.1, -0.05) is 23.7 Å². The molecule has 0 saturated carbocycles. The van der Waals surface area contributed by atoms with Crippen LogP contribution in [0.15, 0.2) is 29.1 Å². The third-order valence-electron chi connectivity index (χ3n) is 3.61. The van der Waals surface area contributed by atoms with Gasteiger partial charge in [0, 0.05) is 6.07 Å². The molecule has 0 aliphatic rings. The minimum Gasteiger partial charge on any atom is -0.323 e. The molecular formula is C16H18ClN3O2. The van der Waals surface area contributed by atoms with Gasteiger partial charge in [-0.15, -0.1) is 0 Å². The minimum atomic E-state index is -0.734. The van der Waals surface area contributed by atoms with Crippen LogP contribution in [0.4, 0.5) is 5.69 Å². The van der Waals surface area contributed by atoms with Crippen molar-refractivity contribution in [1.29, 1.82) is 0 Å². The van der Waals surface area contributed by atoms with Crippen LogP contribution in [0.25, 0.3) is 0 Å². The first kappa shape index (κ1) is 16.2. The number of carbonyl (C=O) groups is 1. The van der Waals surface area contributed by atoms with Crippen LogP contribution >= 0.6 is 11.6 Å². The Labute approximate surface area is 133 Å². The van der Waals surface area contributed by atoms with Crippen LogP contribution in [0.1, 0.15) is 29.8 Å². The van der Waals surface area contributed by atoms with Gasteiger partial charge >= 0.3 is 0 Å². The fourth-order valence-corrected chi connectivity index (χ4v) is 2.32. The number of aryl methyl sites for hydroxylation is 3. The van der Waals surface area contributed by atoms with Crippen LogP contribution in [0.5, 0.6) is 0 Å². The van der Waals surface area contributed by atoms with Gasteiger partial charge in [-0.05, 0) is 44.9 Å². The van der Waals surface area contributed by atoms with Crippen molar-refractivity contribution in [3.05, 3.63) is 56.5 Å². The molecule has 1 aromatic heterocycles. The zero-order valence-electron chi connectivity index (χ0n) is 13.0. The van der Waals surface area contributed by atoms with Crippen LogP contribution in [0, 0.1) is 20.8 Å². The Kier molecular flexibility index (Phi) is 4.66. The third kappa shape index (κ3) is 3.20. The van der Waals surface area contributed by atoms with Crippen molar-refractivity contribution in [3.8, 4) is 0 Å². The summed E-state index contributed by atoms with van der Waals surface area (Å²) in [5, 5.41) is 7.42. The summed E-state index contributed by atoms with van der Waals surface area (Å²) in [5.41, 5.74) is 2.62. The molecule has 1 unspecified atom stereocenters. The van der Waals surface area contributed by atoms with E-state index in [2.05, 4.69) is 10.4 Å². The van der Waals surface area contributed by atoms with E-state index in [1.807, 2.05) is 26.0 Å². The first-order chi connectivity index (χ1) is 10.3. The Morgan fingerprint density at radius 1 is 1.27 bits per heavy atom. The van der Waals surface area contributed by atoms with E-state index in [-0.39, 0.29) is 11.5 Å². The smallest absolute Gasteiger partial charge is 0.267 e. The summed E-state index contributed by atoms with van der Waals surface area (Å²) >= 11 is 6.10. The molecular weight excluding hydrogens is 302 g/mol. The SMILES string of the molecule is Cc1cc(=O)n(C(C)C(=O)Nc2c(C)cccc2Cl)nc1C. The third-order valence-corrected chi connectivity index (χ3v) is 3.93. The van der Waals surface area contributed by atoms with Crippen LogP contribution in [-0.2, 0) is 4.79 Å². The quantitative estimate of drug-likeness (QED) is 0.945. The van der Waals surface area contributed by atoms with E-state index in [1.165, 1.54) is 10.7 Å². The number of hydrogen-bond acceptors (Lipinski definition) is 3. The second-order valence-corrected chi connectivity index (χ2v) is 5.70. The second-order valence-electron chi connectivity index (χ2n) is 5.29. The number of halogens is 1. The molecule has 1 amide bonds. The maximum absolute atomic E-state index is 12.4. The topological polar surface area (TPSA) is 64.0 Å². The predicted molar refractivity (Wildman–Crippen MR) is 87.5 cm³/mol. The zero-order valence-corrected chi connectivity index (χ0v) is 13.7. The minimum absolute atomic E-state index is 0.304. The number of hydrogen-bond donors (Lipinski definition) is 1. The van der Waals surface area contributed by atoms with Crippen LogP contribution < -0.4 is 10.9 Å². The van der Waals surface area contributed by atoms with Crippen LogP contribution in [0.3, 0.4) is 0 Å². The Bertz CT molecular complexity index is 763. The van der Waals surface area contributed by atoms with Crippen molar-refractivity contribution in [3.63, 3.8) is 0 Å². The molecule has 22 heavy (non-hydrogen) atoms. The first-order valence-electron chi connectivity index (χ1n) is 6.94. The molecule has 1 aromatic carbocycles. The Morgan fingerprint density at radius 2 is 1.95 bits per heavy atom. The van der Waals surface area contributed by atoms with Gasteiger partial charge < -0.3 is 5.32 Å². The van der Waals surface area contributed by atoms with E-state index in [9.17, 15) is 9.59 Å². The number of para-hydroxylation sites is 1. The molecule has 2 rings (SSSR count). The molecule has 0 fully saturated rings. The highest BCUT2D eigenvalue weighted by Crippen LogP contribution is 2.25. The zero-order chi connectivity index (χ0) is 16.4. The summed E-state index contributed by atoms with van der Waals surface area (Å²) in [5.74, 6) is -0.339. The molecule has 5 nitrogen and oxygen atoms in total. The van der Waals surface area contributed by atoms with E-state index < -0.39 is 6.04 Å². The summed E-state index contributed by atoms with van der Waals surface area (Å²) < 4.78 is 1.18. The second kappa shape index (κ2) is 6.32. The number of carbonyl (C=O) groups excluding carboxylic acids is 1. The van der Waals surface area contributed by atoms with Gasteiger partial charge in [0.15, 0.2) is 0 Å². The maximum Gasteiger partial charge on any atom is 0.267 e. The molecule has 1 heterocycles. The van der Waals surface area contributed by atoms with E-state index >= 15 is 0 Å². The number of rotatable bonds is 3. The van der Waals surface area contributed by atoms with Crippen molar-refractivity contribution < 1.29 is 4.79 Å². The first-order valence-corrected chi connectivity index (χ1v) is 7.32. The van der Waals surface area contributed by atoms with Gasteiger partial charge in [-0.2, -0.15) is 5.10 Å². The molecule has 0 aliphatic heterocycles. The molecule has 1 N–H and O–H groups in total. The van der Waals surface area contributed by atoms with Crippen LogP contribution in [0.2, 0.25) is 5.02 Å². The summed E-state index contributed by atoms with van der Waals surface area (Å²) in [4.78, 5) is 24.4. The van der Waals surface area contributed by atoms with Crippen molar-refractivity contribution in [1.82, 2.24) is 9.78 Å². The average Bonchev–Trinajstić information content (AvgIpc) is 2.46. The lowest BCUT2D eigenvalue weighted by Gasteiger charge is -2.16. The lowest BCUT2D eigenvalue weighted by molar-refractivity contribution is -0.119. The van der Waals surface area contributed by atoms with E-state index in [1.54, 1.807) is 19.9 Å². The molecule has 0 saturated heterocycles. The molecule has 6 heteroatoms. The summed E-state index contributed by atoms with van der Waals surface area (Å²) in [6.07, 6.45) is 0. The van der Waals surface area contributed by atoms with Gasteiger partial charge in [0.05, 0.1) is 16.4 Å². The Hall–Kier alpha value is -2.14. The predicted octanol–water partition coefficient (Wildman–Crippen LogP) is 3.02. The van der Waals surface area contributed by atoms with Crippen molar-refractivity contribution in [2.75, 3.05) is 5.32 Å². The number of anilines is 1. The molecule has 116 valence electrons. The maximum atomic E-state index is 12.4. The van der Waals surface area contributed by atoms with Gasteiger partial charge in [-0.3, -0.25) is 9.59 Å². The van der Waals surface area contributed by atoms with Gasteiger partial charge in [0.25, 0.3) is 5.56 Å². The number of benzene rings is 1. The van der Waals surface area contributed by atoms with Crippen LogP contribution in [-0.4, -0.2) is 15.7 Å². The lowest BCUT2D eigenvalue weighted by atomic mass is 10.2. The van der Waals surface area contributed by atoms with Gasteiger partial charge in [0.1, 0.15) is 6.04 Å². The van der Waals surface area contributed by atoms with E-state index in [0.717, 1.165) is 11.1 Å². The highest BCUT2D eigenvalue weighted by Gasteiger charge is 2.19. The summed E-state index contributed by atoms with van der Waals surface area (Å²) in [6.45, 7) is 7.09. The Balaban J connectivity index is 2.31. The number of aromatic nitrogens is 2. The average molecular weight is 320 g/mol. The van der Waals surface area contributed by atoms with E-state index in [4.69, 9.17) is 11.6 Å². The van der Waals surface area contributed by atoms with Gasteiger partial charge in [-0.25, -0.2) is 4.68 Å². The largest absolute Gasteiger partial charge is 0.323 e. The fraction of sp³-hybridized carbons (Fsp3) is 0.312. The van der Waals surface area contributed by atoms with Crippen molar-refractivity contribution in [2.45, 2.75) is 33.7 Å². The molecule has 0 aliphatic carbocycles. The molecule has 0 radical (unpaired) electrons. The molecule has 1 atom stereocenters. The number of nitrogens with one attached hydrogen (secondary N) is 1. The van der Waals surface area contributed by atoms with E-state index in [0.29, 0.717) is 16.4 Å². The monoisotopic (exact) mass is 319 g/mol. The molecule has 0 spiro atoms. The normalized spacial score (nSPS) is 12.0. The summed E-state index contributed by atoms with van der Waals surface area (Å²) in [6, 6.07) is 6.11. The molecule has 2 aromatic rings. The number of nitrogens with zero attached hydrogens (tertiary/aromatic N) is 2. The standard InChI is InChI=1S/C16H18ClN3O2/c1-9-6-5-7-13(17)15(9)18-16(22)12(4)20-14(21)8-10(2)11(3)19-20/h5-8,12H,1-4H3,(H,18,22). The lowest BCUT2D eigenvalue weighted by Crippen LogP contribution is -2.34.